The van der Waals surface area contributed by atoms with Gasteiger partial charge in [0, 0.05) is 18.9 Å². The molecule has 0 fully saturated rings. The highest BCUT2D eigenvalue weighted by molar-refractivity contribution is 6.38. The number of hydrogen-bond donors (Lipinski definition) is 1. The Morgan fingerprint density at radius 2 is 1.93 bits per heavy atom. The Bertz CT molecular complexity index is 1180. The first kappa shape index (κ1) is 19.1. The van der Waals surface area contributed by atoms with Crippen molar-refractivity contribution < 1.29 is 4.79 Å². The molecule has 3 heterocycles. The third kappa shape index (κ3) is 3.73. The van der Waals surface area contributed by atoms with E-state index in [1.54, 1.807) is 23.4 Å². The van der Waals surface area contributed by atoms with E-state index in [9.17, 15) is 4.79 Å². The second-order valence-electron chi connectivity index (χ2n) is 7.25. The molecule has 4 rings (SSSR count). The van der Waals surface area contributed by atoms with E-state index in [4.69, 9.17) is 11.6 Å². The Balaban J connectivity index is 1.58. The van der Waals surface area contributed by atoms with Crippen molar-refractivity contribution in [3.63, 3.8) is 0 Å². The number of fused-ring (bicyclic) bond motifs is 1. The van der Waals surface area contributed by atoms with Crippen molar-refractivity contribution in [2.45, 2.75) is 26.3 Å². The predicted octanol–water partition coefficient (Wildman–Crippen LogP) is 4.24. The molecule has 0 spiro atoms. The van der Waals surface area contributed by atoms with E-state index in [0.717, 1.165) is 5.69 Å². The lowest BCUT2D eigenvalue weighted by molar-refractivity contribution is 0.102. The van der Waals surface area contributed by atoms with E-state index < -0.39 is 0 Å². The Hall–Kier alpha value is -3.19. The summed E-state index contributed by atoms with van der Waals surface area (Å²) in [6.07, 6.45) is 6.64. The number of imidazole rings is 1. The van der Waals surface area contributed by atoms with Crippen LogP contribution in [0.15, 0.2) is 49.2 Å². The van der Waals surface area contributed by atoms with Gasteiger partial charge in [-0.1, -0.05) is 37.6 Å². The number of benzene rings is 1. The highest BCUT2D eigenvalue weighted by atomic mass is 35.5. The van der Waals surface area contributed by atoms with Crippen LogP contribution in [0.5, 0.6) is 0 Å². The Morgan fingerprint density at radius 1 is 1.17 bits per heavy atom. The summed E-state index contributed by atoms with van der Waals surface area (Å²) in [7, 11) is 1.92. The van der Waals surface area contributed by atoms with E-state index >= 15 is 0 Å². The van der Waals surface area contributed by atoms with Crippen LogP contribution in [0.3, 0.4) is 0 Å². The number of pyridine rings is 1. The van der Waals surface area contributed by atoms with Crippen molar-refractivity contribution in [2.24, 2.45) is 7.05 Å². The second kappa shape index (κ2) is 7.67. The number of nitrogens with zero attached hydrogens (tertiary/aromatic N) is 5. The maximum Gasteiger partial charge on any atom is 0.258 e. The fraction of sp³-hybridized carbons (Fsp3) is 0.238. The first-order valence-electron chi connectivity index (χ1n) is 9.30. The number of carbonyl (C=O) groups is 1. The summed E-state index contributed by atoms with van der Waals surface area (Å²) in [6, 6.07) is 7.79. The molecule has 4 aromatic rings. The van der Waals surface area contributed by atoms with Gasteiger partial charge in [-0.2, -0.15) is 5.10 Å². The molecule has 0 aliphatic heterocycles. The average molecular weight is 409 g/mol. The van der Waals surface area contributed by atoms with Crippen LogP contribution in [0.4, 0.5) is 5.69 Å². The molecule has 0 saturated heterocycles. The molecular formula is C21H21ClN6O. The molecule has 1 N–H and O–H groups in total. The standard InChI is InChI=1S/C21H21ClN6O/c1-13(2)14-4-6-15(7-5-14)26-21(29)18-9-24-20-17(19(18)22)10-25-28(20)11-16-8-23-12-27(16)3/h4-10,12-13H,11H2,1-3H3,(H,26,29). The van der Waals surface area contributed by atoms with Crippen LogP contribution in [0.1, 0.15) is 41.4 Å². The predicted molar refractivity (Wildman–Crippen MR) is 113 cm³/mol. The number of anilines is 1. The fourth-order valence-electron chi connectivity index (χ4n) is 3.11. The molecule has 148 valence electrons. The van der Waals surface area contributed by atoms with Crippen LogP contribution < -0.4 is 5.32 Å². The number of nitrogens with one attached hydrogen (secondary N) is 1. The Kier molecular flexibility index (Phi) is 5.07. The molecule has 0 aliphatic carbocycles. The number of rotatable bonds is 5. The molecule has 7 nitrogen and oxygen atoms in total. The van der Waals surface area contributed by atoms with E-state index in [0.29, 0.717) is 39.8 Å². The monoisotopic (exact) mass is 408 g/mol. The molecule has 0 saturated carbocycles. The lowest BCUT2D eigenvalue weighted by Crippen LogP contribution is -2.13. The molecule has 0 radical (unpaired) electrons. The van der Waals surface area contributed by atoms with Crippen LogP contribution >= 0.6 is 11.6 Å². The molecular weight excluding hydrogens is 388 g/mol. The lowest BCUT2D eigenvalue weighted by atomic mass is 10.0. The van der Waals surface area contributed by atoms with E-state index in [2.05, 4.69) is 34.2 Å². The van der Waals surface area contributed by atoms with Gasteiger partial charge in [0.25, 0.3) is 5.91 Å². The molecule has 0 unspecified atom stereocenters. The zero-order valence-corrected chi connectivity index (χ0v) is 17.2. The first-order chi connectivity index (χ1) is 13.9. The number of hydrogen-bond acceptors (Lipinski definition) is 4. The highest BCUT2D eigenvalue weighted by Crippen LogP contribution is 2.27. The van der Waals surface area contributed by atoms with Gasteiger partial charge in [-0.05, 0) is 23.6 Å². The van der Waals surface area contributed by atoms with Gasteiger partial charge in [-0.25, -0.2) is 14.6 Å². The van der Waals surface area contributed by atoms with Crippen LogP contribution in [0.25, 0.3) is 11.0 Å². The van der Waals surface area contributed by atoms with Crippen LogP contribution in [0, 0.1) is 0 Å². The van der Waals surface area contributed by atoms with Crippen molar-refractivity contribution >= 4 is 34.2 Å². The van der Waals surface area contributed by atoms with Crippen molar-refractivity contribution in [1.29, 1.82) is 0 Å². The summed E-state index contributed by atoms with van der Waals surface area (Å²) < 4.78 is 3.66. The topological polar surface area (TPSA) is 77.6 Å². The molecule has 1 aromatic carbocycles. The van der Waals surface area contributed by atoms with Crippen LogP contribution in [-0.2, 0) is 13.6 Å². The Labute approximate surface area is 173 Å². The average Bonchev–Trinajstić information content (AvgIpc) is 3.30. The van der Waals surface area contributed by atoms with Gasteiger partial charge in [0.05, 0.1) is 46.9 Å². The molecule has 3 aromatic heterocycles. The number of aromatic nitrogens is 5. The van der Waals surface area contributed by atoms with Gasteiger partial charge >= 0.3 is 0 Å². The Morgan fingerprint density at radius 3 is 2.59 bits per heavy atom. The summed E-state index contributed by atoms with van der Waals surface area (Å²) in [6.45, 7) is 4.77. The third-order valence-corrected chi connectivity index (χ3v) is 5.32. The van der Waals surface area contributed by atoms with Gasteiger partial charge in [-0.3, -0.25) is 4.79 Å². The summed E-state index contributed by atoms with van der Waals surface area (Å²) in [5.74, 6) is 0.129. The van der Waals surface area contributed by atoms with Crippen molar-refractivity contribution in [3.05, 3.63) is 71.0 Å². The maximum atomic E-state index is 12.7. The van der Waals surface area contributed by atoms with E-state index in [1.807, 2.05) is 35.9 Å². The first-order valence-corrected chi connectivity index (χ1v) is 9.68. The van der Waals surface area contributed by atoms with Crippen molar-refractivity contribution in [1.82, 2.24) is 24.3 Å². The molecule has 0 bridgehead atoms. The normalized spacial score (nSPS) is 11.3. The van der Waals surface area contributed by atoms with Crippen LogP contribution in [-0.4, -0.2) is 30.2 Å². The van der Waals surface area contributed by atoms with E-state index in [-0.39, 0.29) is 5.91 Å². The highest BCUT2D eigenvalue weighted by Gasteiger charge is 2.17. The van der Waals surface area contributed by atoms with Gasteiger partial charge in [0.2, 0.25) is 0 Å². The largest absolute Gasteiger partial charge is 0.336 e. The minimum Gasteiger partial charge on any atom is -0.336 e. The third-order valence-electron chi connectivity index (χ3n) is 4.91. The SMILES string of the molecule is CC(C)c1ccc(NC(=O)c2cnc3c(cnn3Cc3cncn3C)c2Cl)cc1. The number of amides is 1. The smallest absolute Gasteiger partial charge is 0.258 e. The molecule has 0 aliphatic rings. The van der Waals surface area contributed by atoms with Crippen molar-refractivity contribution in [3.8, 4) is 0 Å². The molecule has 0 atom stereocenters. The van der Waals surface area contributed by atoms with Gasteiger partial charge in [-0.15, -0.1) is 0 Å². The maximum absolute atomic E-state index is 12.7. The second-order valence-corrected chi connectivity index (χ2v) is 7.63. The minimum atomic E-state index is -0.305. The number of aryl methyl sites for hydroxylation is 1. The summed E-state index contributed by atoms with van der Waals surface area (Å²) >= 11 is 6.52. The molecule has 1 amide bonds. The molecule has 29 heavy (non-hydrogen) atoms. The van der Waals surface area contributed by atoms with Gasteiger partial charge in [0.1, 0.15) is 0 Å². The fourth-order valence-corrected chi connectivity index (χ4v) is 3.38. The lowest BCUT2D eigenvalue weighted by Gasteiger charge is -2.10. The number of halogens is 1. The van der Waals surface area contributed by atoms with Gasteiger partial charge < -0.3 is 9.88 Å². The number of carbonyl (C=O) groups excluding carboxylic acids is 1. The zero-order chi connectivity index (χ0) is 20.5. The van der Waals surface area contributed by atoms with Crippen LogP contribution in [0.2, 0.25) is 5.02 Å². The molecule has 8 heteroatoms. The van der Waals surface area contributed by atoms with Crippen molar-refractivity contribution in [2.75, 3.05) is 5.32 Å². The summed E-state index contributed by atoms with van der Waals surface area (Å²) in [4.78, 5) is 21.3. The summed E-state index contributed by atoms with van der Waals surface area (Å²) in [5.41, 5.74) is 3.84. The summed E-state index contributed by atoms with van der Waals surface area (Å²) in [5, 5.41) is 8.23. The minimum absolute atomic E-state index is 0.305. The van der Waals surface area contributed by atoms with Gasteiger partial charge in [0.15, 0.2) is 5.65 Å². The van der Waals surface area contributed by atoms with E-state index in [1.165, 1.54) is 11.8 Å². The zero-order valence-electron chi connectivity index (χ0n) is 16.4. The quantitative estimate of drug-likeness (QED) is 0.535.